The van der Waals surface area contributed by atoms with Gasteiger partial charge in [-0.05, 0) is 0 Å². The van der Waals surface area contributed by atoms with Crippen molar-refractivity contribution in [2.24, 2.45) is 0 Å². The van der Waals surface area contributed by atoms with Crippen LogP contribution >= 0.6 is 11.3 Å². The molecule has 7 nitrogen and oxygen atoms in total. The second kappa shape index (κ2) is 6.44. The van der Waals surface area contributed by atoms with Crippen LogP contribution in [0.4, 0.5) is 0 Å². The summed E-state index contributed by atoms with van der Waals surface area (Å²) in [5, 5.41) is 12.1. The zero-order chi connectivity index (χ0) is 14.6. The molecule has 2 rings (SSSR count). The zero-order valence-electron chi connectivity index (χ0n) is 11.3. The maximum atomic E-state index is 12.2. The van der Waals surface area contributed by atoms with Crippen LogP contribution in [-0.2, 0) is 23.1 Å². The summed E-state index contributed by atoms with van der Waals surface area (Å²) in [7, 11) is -3.61. The summed E-state index contributed by atoms with van der Waals surface area (Å²) in [4.78, 5) is 4.04. The normalized spacial score (nSPS) is 12.2. The number of aromatic amines is 1. The smallest absolute Gasteiger partial charge is 0.258 e. The molecule has 0 aliphatic heterocycles. The van der Waals surface area contributed by atoms with E-state index in [1.165, 1.54) is 17.5 Å². The minimum absolute atomic E-state index is 0.0993. The van der Waals surface area contributed by atoms with Crippen LogP contribution in [0.5, 0.6) is 0 Å². The molecule has 0 amide bonds. The minimum atomic E-state index is -3.61. The molecule has 0 aliphatic rings. The number of hydrogen-bond acceptors (Lipinski definition) is 6. The number of thiazole rings is 1. The summed E-state index contributed by atoms with van der Waals surface area (Å²) in [5.74, 6) is 0. The van der Waals surface area contributed by atoms with Gasteiger partial charge in [0.2, 0.25) is 0 Å². The van der Waals surface area contributed by atoms with Crippen molar-refractivity contribution in [3.63, 3.8) is 0 Å². The van der Waals surface area contributed by atoms with Crippen molar-refractivity contribution >= 4 is 21.4 Å². The lowest BCUT2D eigenvalue weighted by atomic mass is 10.3. The lowest BCUT2D eigenvalue weighted by molar-refractivity contribution is 0.564. The number of nitrogens with zero attached hydrogens (tertiary/aromatic N) is 2. The first kappa shape index (κ1) is 15.1. The minimum Gasteiger partial charge on any atom is -0.310 e. The fourth-order valence-corrected chi connectivity index (χ4v) is 3.30. The summed E-state index contributed by atoms with van der Waals surface area (Å²) in [6.45, 7) is 4.61. The van der Waals surface area contributed by atoms with Crippen molar-refractivity contribution in [3.05, 3.63) is 28.3 Å². The van der Waals surface area contributed by atoms with E-state index in [0.717, 1.165) is 5.01 Å². The van der Waals surface area contributed by atoms with E-state index in [2.05, 4.69) is 25.2 Å². The fourth-order valence-electron chi connectivity index (χ4n) is 1.54. The number of aromatic nitrogens is 3. The first-order valence-corrected chi connectivity index (χ1v) is 8.49. The zero-order valence-corrected chi connectivity index (χ0v) is 12.9. The van der Waals surface area contributed by atoms with Crippen LogP contribution in [0.1, 0.15) is 24.4 Å². The van der Waals surface area contributed by atoms with Crippen LogP contribution in [0.3, 0.4) is 0 Å². The number of rotatable bonds is 7. The molecule has 110 valence electrons. The van der Waals surface area contributed by atoms with Gasteiger partial charge in [-0.15, -0.1) is 11.3 Å². The van der Waals surface area contributed by atoms with Crippen LogP contribution in [0.2, 0.25) is 0 Å². The van der Waals surface area contributed by atoms with Crippen LogP contribution in [-0.4, -0.2) is 29.6 Å². The van der Waals surface area contributed by atoms with Crippen molar-refractivity contribution in [3.8, 4) is 0 Å². The van der Waals surface area contributed by atoms with Crippen LogP contribution < -0.4 is 10.0 Å². The monoisotopic (exact) mass is 315 g/mol. The largest absolute Gasteiger partial charge is 0.310 e. The van der Waals surface area contributed by atoms with Gasteiger partial charge in [0.25, 0.3) is 10.0 Å². The average Bonchev–Trinajstić information content (AvgIpc) is 3.05. The van der Waals surface area contributed by atoms with Gasteiger partial charge in [-0.25, -0.2) is 18.1 Å². The fraction of sp³-hybridized carbons (Fsp3) is 0.455. The van der Waals surface area contributed by atoms with E-state index < -0.39 is 10.0 Å². The number of nitrogens with one attached hydrogen (secondary N) is 3. The summed E-state index contributed by atoms with van der Waals surface area (Å²) in [6, 6.07) is 0.267. The quantitative estimate of drug-likeness (QED) is 0.703. The topological polar surface area (TPSA) is 99.8 Å². The Bertz CT molecular complexity index is 634. The molecule has 20 heavy (non-hydrogen) atoms. The second-order valence-electron chi connectivity index (χ2n) is 4.51. The Balaban J connectivity index is 2.07. The predicted molar refractivity (Wildman–Crippen MR) is 76.7 cm³/mol. The van der Waals surface area contributed by atoms with Crippen molar-refractivity contribution in [2.45, 2.75) is 38.0 Å². The number of H-pyrrole nitrogens is 1. The molecule has 2 aromatic rings. The van der Waals surface area contributed by atoms with E-state index >= 15 is 0 Å². The molecule has 0 aromatic carbocycles. The molecule has 0 fully saturated rings. The third kappa shape index (κ3) is 3.85. The van der Waals surface area contributed by atoms with Gasteiger partial charge in [-0.2, -0.15) is 5.10 Å². The van der Waals surface area contributed by atoms with Crippen LogP contribution in [0.25, 0.3) is 0 Å². The molecule has 0 bridgehead atoms. The Morgan fingerprint density at radius 1 is 1.40 bits per heavy atom. The average molecular weight is 315 g/mol. The molecule has 0 saturated carbocycles. The maximum absolute atomic E-state index is 12.2. The van der Waals surface area contributed by atoms with E-state index in [0.29, 0.717) is 12.1 Å². The predicted octanol–water partition coefficient (Wildman–Crippen LogP) is 0.843. The SMILES string of the molecule is CC(C)NCc1cn[nH]c1S(=O)(=O)NCc1nccs1. The molecular formula is C11H17N5O2S2. The highest BCUT2D eigenvalue weighted by Gasteiger charge is 2.20. The van der Waals surface area contributed by atoms with Crippen molar-refractivity contribution in [1.82, 2.24) is 25.2 Å². The molecule has 2 heterocycles. The van der Waals surface area contributed by atoms with Gasteiger partial charge in [-0.1, -0.05) is 13.8 Å². The van der Waals surface area contributed by atoms with E-state index in [9.17, 15) is 8.42 Å². The Hall–Kier alpha value is -1.29. The Kier molecular flexibility index (Phi) is 4.86. The highest BCUT2D eigenvalue weighted by molar-refractivity contribution is 7.89. The van der Waals surface area contributed by atoms with Crippen molar-refractivity contribution in [2.75, 3.05) is 0 Å². The molecular weight excluding hydrogens is 298 g/mol. The summed E-state index contributed by atoms with van der Waals surface area (Å²) < 4.78 is 27.0. The van der Waals surface area contributed by atoms with Gasteiger partial charge < -0.3 is 5.32 Å². The third-order valence-corrected chi connectivity index (χ3v) is 4.74. The van der Waals surface area contributed by atoms with Gasteiger partial charge in [0, 0.05) is 29.7 Å². The molecule has 9 heteroatoms. The Morgan fingerprint density at radius 2 is 2.20 bits per heavy atom. The van der Waals surface area contributed by atoms with Gasteiger partial charge in [-0.3, -0.25) is 5.10 Å². The summed E-state index contributed by atoms with van der Waals surface area (Å²) >= 11 is 1.40. The number of sulfonamides is 1. The molecule has 2 aromatic heterocycles. The van der Waals surface area contributed by atoms with E-state index in [-0.39, 0.29) is 17.6 Å². The van der Waals surface area contributed by atoms with Crippen molar-refractivity contribution < 1.29 is 8.42 Å². The van der Waals surface area contributed by atoms with Gasteiger partial charge in [0.1, 0.15) is 5.01 Å². The van der Waals surface area contributed by atoms with Gasteiger partial charge in [0.15, 0.2) is 5.03 Å². The molecule has 0 atom stereocenters. The standard InChI is InChI=1S/C11H17N5O2S2/c1-8(2)13-5-9-6-14-16-11(9)20(17,18)15-7-10-12-3-4-19-10/h3-4,6,8,13,15H,5,7H2,1-2H3,(H,14,16). The third-order valence-electron chi connectivity index (χ3n) is 2.54. The van der Waals surface area contributed by atoms with Crippen LogP contribution in [0.15, 0.2) is 22.8 Å². The maximum Gasteiger partial charge on any atom is 0.258 e. The molecule has 0 spiro atoms. The molecule has 0 saturated heterocycles. The highest BCUT2D eigenvalue weighted by Crippen LogP contribution is 2.13. The van der Waals surface area contributed by atoms with Gasteiger partial charge in [0.05, 0.1) is 12.7 Å². The van der Waals surface area contributed by atoms with E-state index in [1.54, 1.807) is 11.6 Å². The van der Waals surface area contributed by atoms with Crippen molar-refractivity contribution in [1.29, 1.82) is 0 Å². The summed E-state index contributed by atoms with van der Waals surface area (Å²) in [6.07, 6.45) is 3.16. The Labute approximate surface area is 121 Å². The lowest BCUT2D eigenvalue weighted by Gasteiger charge is -2.09. The molecule has 0 aliphatic carbocycles. The molecule has 0 unspecified atom stereocenters. The molecule has 0 radical (unpaired) electrons. The van der Waals surface area contributed by atoms with E-state index in [4.69, 9.17) is 0 Å². The first-order valence-electron chi connectivity index (χ1n) is 6.12. The van der Waals surface area contributed by atoms with E-state index in [1.807, 2.05) is 13.8 Å². The van der Waals surface area contributed by atoms with Crippen LogP contribution in [0, 0.1) is 0 Å². The molecule has 3 N–H and O–H groups in total. The Morgan fingerprint density at radius 3 is 2.85 bits per heavy atom. The summed E-state index contributed by atoms with van der Waals surface area (Å²) in [5.41, 5.74) is 0.616. The van der Waals surface area contributed by atoms with Gasteiger partial charge >= 0.3 is 0 Å². The first-order chi connectivity index (χ1) is 9.49. The lowest BCUT2D eigenvalue weighted by Crippen LogP contribution is -2.27. The highest BCUT2D eigenvalue weighted by atomic mass is 32.2. The second-order valence-corrected chi connectivity index (χ2v) is 7.19. The number of hydrogen-bond donors (Lipinski definition) is 3.